The molecular formula is C18H20N2O5S. The minimum absolute atomic E-state index is 0.0154. The van der Waals surface area contributed by atoms with Crippen LogP contribution in [0.1, 0.15) is 23.7 Å². The van der Waals surface area contributed by atoms with E-state index in [2.05, 4.69) is 10.0 Å². The van der Waals surface area contributed by atoms with E-state index in [4.69, 9.17) is 4.74 Å². The van der Waals surface area contributed by atoms with Crippen LogP contribution in [0, 0.1) is 0 Å². The van der Waals surface area contributed by atoms with Crippen LogP contribution in [-0.2, 0) is 14.8 Å². The Morgan fingerprint density at radius 1 is 1.08 bits per heavy atom. The molecule has 0 aliphatic rings. The maximum Gasteiger partial charge on any atom is 0.240 e. The van der Waals surface area contributed by atoms with Crippen molar-refractivity contribution in [3.05, 3.63) is 54.1 Å². The molecule has 0 saturated heterocycles. The van der Waals surface area contributed by atoms with E-state index >= 15 is 0 Å². The number of ketones is 1. The van der Waals surface area contributed by atoms with Crippen LogP contribution < -0.4 is 14.8 Å². The molecular weight excluding hydrogens is 356 g/mol. The van der Waals surface area contributed by atoms with Crippen molar-refractivity contribution in [2.75, 3.05) is 19.0 Å². The first-order valence-corrected chi connectivity index (χ1v) is 9.35. The Morgan fingerprint density at radius 3 is 2.50 bits per heavy atom. The van der Waals surface area contributed by atoms with Crippen molar-refractivity contribution in [3.63, 3.8) is 0 Å². The maximum absolute atomic E-state index is 12.3. The van der Waals surface area contributed by atoms with Crippen LogP contribution in [0.4, 0.5) is 5.69 Å². The largest absolute Gasteiger partial charge is 0.497 e. The Hall–Kier alpha value is -2.71. The van der Waals surface area contributed by atoms with E-state index in [0.717, 1.165) is 0 Å². The zero-order chi connectivity index (χ0) is 19.2. The summed E-state index contributed by atoms with van der Waals surface area (Å²) in [4.78, 5) is 23.3. The van der Waals surface area contributed by atoms with Gasteiger partial charge in [0.2, 0.25) is 15.9 Å². The highest BCUT2D eigenvalue weighted by atomic mass is 32.2. The van der Waals surface area contributed by atoms with Gasteiger partial charge in [0, 0.05) is 30.3 Å². The molecule has 26 heavy (non-hydrogen) atoms. The highest BCUT2D eigenvalue weighted by molar-refractivity contribution is 7.89. The van der Waals surface area contributed by atoms with Crippen LogP contribution in [0.25, 0.3) is 0 Å². The maximum atomic E-state index is 12.3. The number of rotatable bonds is 8. The summed E-state index contributed by atoms with van der Waals surface area (Å²) < 4.78 is 31.9. The molecule has 2 aromatic rings. The number of amides is 1. The third-order valence-corrected chi connectivity index (χ3v) is 5.01. The van der Waals surface area contributed by atoms with Gasteiger partial charge in [-0.2, -0.15) is 0 Å². The number of nitrogens with one attached hydrogen (secondary N) is 2. The van der Waals surface area contributed by atoms with Crippen LogP contribution in [-0.4, -0.2) is 33.8 Å². The molecule has 0 unspecified atom stereocenters. The summed E-state index contributed by atoms with van der Waals surface area (Å²) in [6.45, 7) is 1.30. The van der Waals surface area contributed by atoms with E-state index in [1.807, 2.05) is 0 Å². The highest BCUT2D eigenvalue weighted by Gasteiger charge is 2.15. The SMILES string of the molecule is COc1cccc(NC(=O)CCNS(=O)(=O)c2cccc(C(C)=O)c2)c1. The van der Waals surface area contributed by atoms with Crippen molar-refractivity contribution in [2.45, 2.75) is 18.2 Å². The number of Topliss-reactive ketones (excluding diaryl/α,β-unsaturated/α-hetero) is 1. The smallest absolute Gasteiger partial charge is 0.240 e. The van der Waals surface area contributed by atoms with Crippen LogP contribution in [0.3, 0.4) is 0 Å². The fraction of sp³-hybridized carbons (Fsp3) is 0.222. The zero-order valence-corrected chi connectivity index (χ0v) is 15.3. The third kappa shape index (κ3) is 5.40. The van der Waals surface area contributed by atoms with Crippen molar-refractivity contribution < 1.29 is 22.7 Å². The Balaban J connectivity index is 1.92. The van der Waals surface area contributed by atoms with Crippen molar-refractivity contribution in [3.8, 4) is 5.75 Å². The van der Waals surface area contributed by atoms with E-state index in [1.165, 1.54) is 32.2 Å². The lowest BCUT2D eigenvalue weighted by molar-refractivity contribution is -0.116. The van der Waals surface area contributed by atoms with E-state index in [0.29, 0.717) is 17.0 Å². The molecule has 0 spiro atoms. The fourth-order valence-corrected chi connectivity index (χ4v) is 3.27. The summed E-state index contributed by atoms with van der Waals surface area (Å²) in [6, 6.07) is 12.6. The summed E-state index contributed by atoms with van der Waals surface area (Å²) in [5.41, 5.74) is 0.870. The predicted octanol–water partition coefficient (Wildman–Crippen LogP) is 2.20. The lowest BCUT2D eigenvalue weighted by Crippen LogP contribution is -2.28. The summed E-state index contributed by atoms with van der Waals surface area (Å²) in [5, 5.41) is 2.67. The number of benzene rings is 2. The van der Waals surface area contributed by atoms with Crippen molar-refractivity contribution in [1.29, 1.82) is 0 Å². The molecule has 2 N–H and O–H groups in total. The molecule has 138 valence electrons. The van der Waals surface area contributed by atoms with Gasteiger partial charge in [-0.1, -0.05) is 18.2 Å². The second-order valence-electron chi connectivity index (χ2n) is 5.51. The Bertz CT molecular complexity index is 909. The second-order valence-corrected chi connectivity index (χ2v) is 7.28. The Kier molecular flexibility index (Phi) is 6.48. The van der Waals surface area contributed by atoms with E-state index in [1.54, 1.807) is 30.3 Å². The monoisotopic (exact) mass is 376 g/mol. The topological polar surface area (TPSA) is 102 Å². The Morgan fingerprint density at radius 2 is 1.81 bits per heavy atom. The van der Waals surface area contributed by atoms with Crippen LogP contribution in [0.5, 0.6) is 5.75 Å². The molecule has 0 heterocycles. The molecule has 0 radical (unpaired) electrons. The number of hydrogen-bond acceptors (Lipinski definition) is 5. The molecule has 0 aromatic heterocycles. The first-order valence-electron chi connectivity index (χ1n) is 7.86. The number of carbonyl (C=O) groups excluding carboxylic acids is 2. The average molecular weight is 376 g/mol. The number of hydrogen-bond donors (Lipinski definition) is 2. The summed E-state index contributed by atoms with van der Waals surface area (Å²) in [5.74, 6) is 0.0482. The molecule has 2 aromatic carbocycles. The minimum Gasteiger partial charge on any atom is -0.497 e. The van der Waals surface area contributed by atoms with E-state index < -0.39 is 10.0 Å². The molecule has 0 atom stereocenters. The summed E-state index contributed by atoms with van der Waals surface area (Å²) >= 11 is 0. The summed E-state index contributed by atoms with van der Waals surface area (Å²) in [6.07, 6.45) is -0.0389. The van der Waals surface area contributed by atoms with Gasteiger partial charge in [-0.15, -0.1) is 0 Å². The van der Waals surface area contributed by atoms with Gasteiger partial charge in [-0.25, -0.2) is 13.1 Å². The van der Waals surface area contributed by atoms with Crippen molar-refractivity contribution in [2.24, 2.45) is 0 Å². The average Bonchev–Trinajstić information content (AvgIpc) is 2.61. The van der Waals surface area contributed by atoms with Gasteiger partial charge in [0.1, 0.15) is 5.75 Å². The van der Waals surface area contributed by atoms with E-state index in [-0.39, 0.29) is 29.6 Å². The van der Waals surface area contributed by atoms with Gasteiger partial charge in [-0.05, 0) is 31.2 Å². The van der Waals surface area contributed by atoms with Crippen molar-refractivity contribution >= 4 is 27.4 Å². The molecule has 1 amide bonds. The van der Waals surface area contributed by atoms with Gasteiger partial charge in [-0.3, -0.25) is 9.59 Å². The third-order valence-electron chi connectivity index (χ3n) is 3.55. The predicted molar refractivity (Wildman–Crippen MR) is 97.9 cm³/mol. The quantitative estimate of drug-likeness (QED) is 0.688. The number of anilines is 1. The molecule has 2 rings (SSSR count). The lowest BCUT2D eigenvalue weighted by atomic mass is 10.2. The standard InChI is InChI=1S/C18H20N2O5S/c1-13(21)14-5-3-8-17(11-14)26(23,24)19-10-9-18(22)20-15-6-4-7-16(12-15)25-2/h3-8,11-12,19H,9-10H2,1-2H3,(H,20,22). The van der Waals surface area contributed by atoms with Gasteiger partial charge < -0.3 is 10.1 Å². The lowest BCUT2D eigenvalue weighted by Gasteiger charge is -2.09. The van der Waals surface area contributed by atoms with Crippen LogP contribution >= 0.6 is 0 Å². The second kappa shape index (κ2) is 8.59. The molecule has 0 aliphatic heterocycles. The molecule has 7 nitrogen and oxygen atoms in total. The van der Waals surface area contributed by atoms with E-state index in [9.17, 15) is 18.0 Å². The highest BCUT2D eigenvalue weighted by Crippen LogP contribution is 2.17. The molecule has 0 fully saturated rings. The molecule has 0 bridgehead atoms. The normalized spacial score (nSPS) is 11.0. The number of methoxy groups -OCH3 is 1. The first-order chi connectivity index (χ1) is 12.3. The number of carbonyl (C=O) groups is 2. The number of sulfonamides is 1. The van der Waals surface area contributed by atoms with Gasteiger partial charge >= 0.3 is 0 Å². The Labute approximate surface area is 152 Å². The molecule has 0 aliphatic carbocycles. The van der Waals surface area contributed by atoms with Crippen molar-refractivity contribution in [1.82, 2.24) is 4.72 Å². The van der Waals surface area contributed by atoms with Gasteiger partial charge in [0.15, 0.2) is 5.78 Å². The zero-order valence-electron chi connectivity index (χ0n) is 14.5. The van der Waals surface area contributed by atoms with Crippen LogP contribution in [0.2, 0.25) is 0 Å². The minimum atomic E-state index is -3.80. The van der Waals surface area contributed by atoms with Gasteiger partial charge in [0.05, 0.1) is 12.0 Å². The molecule has 0 saturated carbocycles. The first kappa shape index (κ1) is 19.6. The fourth-order valence-electron chi connectivity index (χ4n) is 2.19. The summed E-state index contributed by atoms with van der Waals surface area (Å²) in [7, 11) is -2.27. The van der Waals surface area contributed by atoms with Gasteiger partial charge in [0.25, 0.3) is 0 Å². The van der Waals surface area contributed by atoms with Crippen LogP contribution in [0.15, 0.2) is 53.4 Å². The number of ether oxygens (including phenoxy) is 1. The molecule has 8 heteroatoms.